The molecule has 0 aliphatic heterocycles. The van der Waals surface area contributed by atoms with Crippen molar-refractivity contribution in [1.82, 2.24) is 14.9 Å². The van der Waals surface area contributed by atoms with E-state index >= 15 is 0 Å². The second kappa shape index (κ2) is 4.32. The molecule has 0 aromatic carbocycles. The summed E-state index contributed by atoms with van der Waals surface area (Å²) < 4.78 is 29.6. The van der Waals surface area contributed by atoms with Gasteiger partial charge in [0.25, 0.3) is 5.91 Å². The van der Waals surface area contributed by atoms with Gasteiger partial charge < -0.3 is 9.84 Å². The van der Waals surface area contributed by atoms with Crippen molar-refractivity contribution in [3.8, 4) is 0 Å². The fourth-order valence-corrected chi connectivity index (χ4v) is 1.17. The normalized spacial score (nSPS) is 10.8. The highest BCUT2D eigenvalue weighted by Crippen LogP contribution is 2.11. The van der Waals surface area contributed by atoms with Crippen molar-refractivity contribution in [3.63, 3.8) is 0 Å². The molecule has 17 heavy (non-hydrogen) atoms. The molecule has 2 rings (SSSR count). The Kier molecular flexibility index (Phi) is 2.86. The quantitative estimate of drug-likeness (QED) is 0.891. The van der Waals surface area contributed by atoms with Gasteiger partial charge in [-0.15, -0.1) is 0 Å². The molecule has 0 atom stereocenters. The molecule has 0 bridgehead atoms. The van der Waals surface area contributed by atoms with E-state index in [4.69, 9.17) is 4.52 Å². The third-order valence-electron chi connectivity index (χ3n) is 1.91. The molecule has 2 heterocycles. The monoisotopic (exact) mass is 242 g/mol. The van der Waals surface area contributed by atoms with Crippen LogP contribution in [0.5, 0.6) is 0 Å². The van der Waals surface area contributed by atoms with Crippen LogP contribution < -0.4 is 5.32 Å². The van der Waals surface area contributed by atoms with Crippen molar-refractivity contribution in [2.24, 2.45) is 0 Å². The number of aromatic nitrogens is 3. The second-order valence-electron chi connectivity index (χ2n) is 3.24. The Morgan fingerprint density at radius 1 is 1.59 bits per heavy atom. The smallest absolute Gasteiger partial charge is 0.333 e. The van der Waals surface area contributed by atoms with E-state index in [0.717, 1.165) is 6.20 Å². The average Bonchev–Trinajstić information content (AvgIpc) is 2.86. The van der Waals surface area contributed by atoms with E-state index in [1.807, 2.05) is 0 Å². The first-order valence-corrected chi connectivity index (χ1v) is 4.64. The topological polar surface area (TPSA) is 73.0 Å². The zero-order valence-corrected chi connectivity index (χ0v) is 8.72. The van der Waals surface area contributed by atoms with Gasteiger partial charge >= 0.3 is 6.55 Å². The van der Waals surface area contributed by atoms with Crippen molar-refractivity contribution >= 4 is 11.7 Å². The number of aryl methyl sites for hydroxylation is 1. The first-order valence-electron chi connectivity index (χ1n) is 4.64. The molecular weight excluding hydrogens is 234 g/mol. The summed E-state index contributed by atoms with van der Waals surface area (Å²) in [4.78, 5) is 11.5. The minimum atomic E-state index is -2.77. The van der Waals surface area contributed by atoms with E-state index in [0.29, 0.717) is 10.4 Å². The zero-order valence-electron chi connectivity index (χ0n) is 8.72. The molecule has 2 aromatic rings. The van der Waals surface area contributed by atoms with Crippen LogP contribution in [0.1, 0.15) is 22.8 Å². The first kappa shape index (κ1) is 11.2. The average molecular weight is 242 g/mol. The standard InChI is InChI=1S/C9H8F2N4O2/c1-5-4-7(14-17-5)12-8(16)6-2-3-15(13-6)9(10)11/h2-4,9H,1H3,(H,12,14,16). The first-order chi connectivity index (χ1) is 8.06. The largest absolute Gasteiger partial charge is 0.360 e. The maximum Gasteiger partial charge on any atom is 0.333 e. The molecule has 0 fully saturated rings. The van der Waals surface area contributed by atoms with E-state index in [1.54, 1.807) is 6.92 Å². The molecule has 90 valence electrons. The van der Waals surface area contributed by atoms with Gasteiger partial charge in [-0.3, -0.25) is 4.79 Å². The molecule has 6 nitrogen and oxygen atoms in total. The Hall–Kier alpha value is -2.25. The lowest BCUT2D eigenvalue weighted by Gasteiger charge is -1.98. The van der Waals surface area contributed by atoms with Crippen LogP contribution in [-0.4, -0.2) is 20.8 Å². The van der Waals surface area contributed by atoms with Crippen LogP contribution in [0.15, 0.2) is 22.9 Å². The fraction of sp³-hybridized carbons (Fsp3) is 0.222. The molecule has 0 aliphatic rings. The number of hydrogen-bond donors (Lipinski definition) is 1. The predicted molar refractivity (Wildman–Crippen MR) is 52.7 cm³/mol. The fourth-order valence-electron chi connectivity index (χ4n) is 1.17. The third-order valence-corrected chi connectivity index (χ3v) is 1.91. The van der Waals surface area contributed by atoms with Gasteiger partial charge in [-0.2, -0.15) is 13.9 Å². The van der Waals surface area contributed by atoms with Gasteiger partial charge in [0.05, 0.1) is 0 Å². The zero-order chi connectivity index (χ0) is 12.4. The summed E-state index contributed by atoms with van der Waals surface area (Å²) in [7, 11) is 0. The number of carbonyl (C=O) groups excluding carboxylic acids is 1. The molecule has 0 radical (unpaired) electrons. The van der Waals surface area contributed by atoms with Gasteiger partial charge in [-0.1, -0.05) is 5.16 Å². The Labute approximate surface area is 94.2 Å². The molecule has 0 saturated carbocycles. The van der Waals surface area contributed by atoms with E-state index in [9.17, 15) is 13.6 Å². The van der Waals surface area contributed by atoms with Crippen LogP contribution >= 0.6 is 0 Å². The second-order valence-corrected chi connectivity index (χ2v) is 3.24. The number of halogens is 2. The van der Waals surface area contributed by atoms with Gasteiger partial charge in [0.15, 0.2) is 11.5 Å². The summed E-state index contributed by atoms with van der Waals surface area (Å²) in [5.41, 5.74) is -0.119. The van der Waals surface area contributed by atoms with Crippen molar-refractivity contribution in [2.45, 2.75) is 13.5 Å². The Bertz CT molecular complexity index is 535. The van der Waals surface area contributed by atoms with Crippen LogP contribution in [0.25, 0.3) is 0 Å². The highest BCUT2D eigenvalue weighted by Gasteiger charge is 2.14. The molecule has 1 N–H and O–H groups in total. The molecule has 0 aliphatic carbocycles. The molecule has 0 saturated heterocycles. The predicted octanol–water partition coefficient (Wildman–Crippen LogP) is 1.83. The number of rotatable bonds is 3. The van der Waals surface area contributed by atoms with Crippen molar-refractivity contribution in [2.75, 3.05) is 5.32 Å². The molecule has 1 amide bonds. The number of amides is 1. The van der Waals surface area contributed by atoms with Crippen molar-refractivity contribution in [3.05, 3.63) is 29.8 Å². The maximum atomic E-state index is 12.2. The Morgan fingerprint density at radius 2 is 2.35 bits per heavy atom. The molecule has 0 spiro atoms. The van der Waals surface area contributed by atoms with E-state index < -0.39 is 12.5 Å². The lowest BCUT2D eigenvalue weighted by molar-refractivity contribution is 0.0561. The van der Waals surface area contributed by atoms with Crippen LogP contribution in [0.2, 0.25) is 0 Å². The van der Waals surface area contributed by atoms with Crippen LogP contribution in [0.4, 0.5) is 14.6 Å². The molecular formula is C9H8F2N4O2. The number of alkyl halides is 2. The number of nitrogens with one attached hydrogen (secondary N) is 1. The maximum absolute atomic E-state index is 12.2. The summed E-state index contributed by atoms with van der Waals surface area (Å²) in [5.74, 6) is 0.107. The third kappa shape index (κ3) is 2.47. The van der Waals surface area contributed by atoms with E-state index in [2.05, 4.69) is 15.6 Å². The van der Waals surface area contributed by atoms with Crippen molar-refractivity contribution in [1.29, 1.82) is 0 Å². The van der Waals surface area contributed by atoms with E-state index in [-0.39, 0.29) is 11.5 Å². The highest BCUT2D eigenvalue weighted by atomic mass is 19.3. The van der Waals surface area contributed by atoms with Crippen molar-refractivity contribution < 1.29 is 18.1 Å². The SMILES string of the molecule is Cc1cc(NC(=O)c2ccn(C(F)F)n2)no1. The number of anilines is 1. The molecule has 8 heteroatoms. The Morgan fingerprint density at radius 3 is 2.88 bits per heavy atom. The van der Waals surface area contributed by atoms with Gasteiger partial charge in [0.2, 0.25) is 0 Å². The summed E-state index contributed by atoms with van der Waals surface area (Å²) >= 11 is 0. The number of hydrogen-bond acceptors (Lipinski definition) is 4. The Balaban J connectivity index is 2.09. The number of carbonyl (C=O) groups is 1. The van der Waals surface area contributed by atoms with Gasteiger partial charge in [-0.05, 0) is 13.0 Å². The summed E-state index contributed by atoms with van der Waals surface area (Å²) in [5, 5.41) is 9.31. The van der Waals surface area contributed by atoms with Gasteiger partial charge in [0, 0.05) is 12.3 Å². The highest BCUT2D eigenvalue weighted by molar-refractivity contribution is 6.02. The number of nitrogens with zero attached hydrogens (tertiary/aromatic N) is 3. The minimum Gasteiger partial charge on any atom is -0.360 e. The van der Waals surface area contributed by atoms with Crippen LogP contribution in [0, 0.1) is 6.92 Å². The van der Waals surface area contributed by atoms with E-state index in [1.165, 1.54) is 12.1 Å². The van der Waals surface area contributed by atoms with Crippen LogP contribution in [0.3, 0.4) is 0 Å². The lowest BCUT2D eigenvalue weighted by atomic mass is 10.4. The minimum absolute atomic E-state index is 0.119. The molecule has 0 unspecified atom stereocenters. The summed E-state index contributed by atoms with van der Waals surface area (Å²) in [6.45, 7) is -1.11. The summed E-state index contributed by atoms with van der Waals surface area (Å²) in [6.07, 6.45) is 1.02. The van der Waals surface area contributed by atoms with Gasteiger partial charge in [-0.25, -0.2) is 4.68 Å². The lowest BCUT2D eigenvalue weighted by Crippen LogP contribution is -2.13. The molecule has 2 aromatic heterocycles. The summed E-state index contributed by atoms with van der Waals surface area (Å²) in [6, 6.07) is 2.69. The van der Waals surface area contributed by atoms with Gasteiger partial charge in [0.1, 0.15) is 5.76 Å². The van der Waals surface area contributed by atoms with Crippen LogP contribution in [-0.2, 0) is 0 Å².